The molecule has 0 aliphatic rings. The Labute approximate surface area is 120 Å². The van der Waals surface area contributed by atoms with E-state index in [-0.39, 0.29) is 12.4 Å². The fourth-order valence-corrected chi connectivity index (χ4v) is 1.69. The number of benzene rings is 2. The highest BCUT2D eigenvalue weighted by Crippen LogP contribution is 2.17. The van der Waals surface area contributed by atoms with Crippen LogP contribution in [0.4, 0.5) is 8.78 Å². The van der Waals surface area contributed by atoms with Gasteiger partial charge in [-0.25, -0.2) is 13.6 Å². The van der Waals surface area contributed by atoms with Crippen LogP contribution in [-0.4, -0.2) is 11.1 Å². The van der Waals surface area contributed by atoms with Crippen LogP contribution in [0.1, 0.15) is 11.1 Å². The van der Waals surface area contributed by atoms with Gasteiger partial charge in [-0.1, -0.05) is 18.2 Å². The molecule has 0 fully saturated rings. The summed E-state index contributed by atoms with van der Waals surface area (Å²) in [7, 11) is 0. The number of carbonyl (C=O) groups is 1. The molecule has 0 aliphatic heterocycles. The number of carboxylic acid groups (broad SMARTS) is 1. The van der Waals surface area contributed by atoms with Crippen LogP contribution >= 0.6 is 0 Å². The molecule has 0 bridgehead atoms. The van der Waals surface area contributed by atoms with E-state index >= 15 is 0 Å². The zero-order valence-electron chi connectivity index (χ0n) is 10.9. The summed E-state index contributed by atoms with van der Waals surface area (Å²) in [6.07, 6.45) is 2.50. The van der Waals surface area contributed by atoms with Crippen molar-refractivity contribution in [1.29, 1.82) is 0 Å². The second-order valence-corrected chi connectivity index (χ2v) is 4.28. The Morgan fingerprint density at radius 3 is 2.67 bits per heavy atom. The molecule has 2 aromatic carbocycles. The van der Waals surface area contributed by atoms with Gasteiger partial charge in [-0.15, -0.1) is 0 Å². The number of hydrogen-bond donors (Lipinski definition) is 1. The van der Waals surface area contributed by atoms with E-state index in [0.717, 1.165) is 23.8 Å². The molecule has 0 aliphatic carbocycles. The molecule has 0 atom stereocenters. The third-order valence-corrected chi connectivity index (χ3v) is 2.67. The van der Waals surface area contributed by atoms with Crippen LogP contribution < -0.4 is 4.74 Å². The zero-order chi connectivity index (χ0) is 15.2. The van der Waals surface area contributed by atoms with Crippen LogP contribution in [0.15, 0.2) is 48.5 Å². The SMILES string of the molecule is O=C(O)C=Cc1cccc(COc2ccc(F)c(F)c2)c1. The minimum absolute atomic E-state index is 0.166. The summed E-state index contributed by atoms with van der Waals surface area (Å²) in [5.74, 6) is -2.70. The Hall–Kier alpha value is -2.69. The van der Waals surface area contributed by atoms with Crippen LogP contribution in [0.5, 0.6) is 5.75 Å². The minimum atomic E-state index is -1.03. The largest absolute Gasteiger partial charge is 0.489 e. The van der Waals surface area contributed by atoms with E-state index in [1.54, 1.807) is 24.3 Å². The predicted molar refractivity (Wildman–Crippen MR) is 73.8 cm³/mol. The fraction of sp³-hybridized carbons (Fsp3) is 0.0625. The molecular weight excluding hydrogens is 278 g/mol. The van der Waals surface area contributed by atoms with Crippen molar-refractivity contribution in [3.05, 3.63) is 71.3 Å². The molecule has 5 heteroatoms. The topological polar surface area (TPSA) is 46.5 Å². The minimum Gasteiger partial charge on any atom is -0.489 e. The molecule has 0 aromatic heterocycles. The lowest BCUT2D eigenvalue weighted by atomic mass is 10.1. The highest BCUT2D eigenvalue weighted by atomic mass is 19.2. The van der Waals surface area contributed by atoms with E-state index in [4.69, 9.17) is 9.84 Å². The van der Waals surface area contributed by atoms with Crippen LogP contribution in [0, 0.1) is 11.6 Å². The summed E-state index contributed by atoms with van der Waals surface area (Å²) in [5, 5.41) is 8.57. The molecule has 3 nitrogen and oxygen atoms in total. The molecular formula is C16H12F2O3. The number of hydrogen-bond acceptors (Lipinski definition) is 2. The normalized spacial score (nSPS) is 10.8. The maximum atomic E-state index is 13.0. The third-order valence-electron chi connectivity index (χ3n) is 2.67. The van der Waals surface area contributed by atoms with Gasteiger partial charge in [-0.2, -0.15) is 0 Å². The van der Waals surface area contributed by atoms with E-state index in [9.17, 15) is 13.6 Å². The molecule has 0 saturated heterocycles. The summed E-state index contributed by atoms with van der Waals surface area (Å²) in [5.41, 5.74) is 1.50. The van der Waals surface area contributed by atoms with Crippen LogP contribution in [0.2, 0.25) is 0 Å². The number of aliphatic carboxylic acids is 1. The van der Waals surface area contributed by atoms with Gasteiger partial charge in [0.05, 0.1) is 0 Å². The zero-order valence-corrected chi connectivity index (χ0v) is 10.9. The number of carboxylic acids is 1. The molecule has 0 spiro atoms. The Morgan fingerprint density at radius 1 is 1.14 bits per heavy atom. The summed E-state index contributed by atoms with van der Waals surface area (Å²) < 4.78 is 31.2. The van der Waals surface area contributed by atoms with E-state index in [1.807, 2.05) is 0 Å². The van der Waals surface area contributed by atoms with Crippen molar-refractivity contribution < 1.29 is 23.4 Å². The van der Waals surface area contributed by atoms with Gasteiger partial charge >= 0.3 is 5.97 Å². The van der Waals surface area contributed by atoms with Gasteiger partial charge in [-0.05, 0) is 35.4 Å². The second-order valence-electron chi connectivity index (χ2n) is 4.28. The summed E-state index contributed by atoms with van der Waals surface area (Å²) in [6, 6.07) is 10.4. The number of rotatable bonds is 5. The van der Waals surface area contributed by atoms with Gasteiger partial charge in [0, 0.05) is 12.1 Å². The molecule has 0 heterocycles. The van der Waals surface area contributed by atoms with Crippen molar-refractivity contribution in [2.45, 2.75) is 6.61 Å². The second kappa shape index (κ2) is 6.65. The van der Waals surface area contributed by atoms with E-state index < -0.39 is 17.6 Å². The summed E-state index contributed by atoms with van der Waals surface area (Å²) >= 11 is 0. The molecule has 0 saturated carbocycles. The molecule has 2 aromatic rings. The lowest BCUT2D eigenvalue weighted by Gasteiger charge is -2.07. The van der Waals surface area contributed by atoms with Gasteiger partial charge in [0.15, 0.2) is 11.6 Å². The number of ether oxygens (including phenoxy) is 1. The maximum absolute atomic E-state index is 13.0. The van der Waals surface area contributed by atoms with Crippen molar-refractivity contribution >= 4 is 12.0 Å². The smallest absolute Gasteiger partial charge is 0.328 e. The summed E-state index contributed by atoms with van der Waals surface area (Å²) in [6.45, 7) is 0.166. The average Bonchev–Trinajstić information content (AvgIpc) is 2.47. The van der Waals surface area contributed by atoms with Crippen LogP contribution in [0.25, 0.3) is 6.08 Å². The molecule has 2 rings (SSSR count). The first-order valence-corrected chi connectivity index (χ1v) is 6.12. The van der Waals surface area contributed by atoms with Crippen molar-refractivity contribution in [2.75, 3.05) is 0 Å². The Bertz CT molecular complexity index is 681. The van der Waals surface area contributed by atoms with Crippen molar-refractivity contribution in [3.8, 4) is 5.75 Å². The summed E-state index contributed by atoms with van der Waals surface area (Å²) in [4.78, 5) is 10.5. The predicted octanol–water partition coefficient (Wildman–Crippen LogP) is 3.64. The van der Waals surface area contributed by atoms with Crippen molar-refractivity contribution in [1.82, 2.24) is 0 Å². The molecule has 1 N–H and O–H groups in total. The van der Waals surface area contributed by atoms with Gasteiger partial charge in [0.25, 0.3) is 0 Å². The molecule has 0 unspecified atom stereocenters. The van der Waals surface area contributed by atoms with Crippen LogP contribution in [-0.2, 0) is 11.4 Å². The molecule has 21 heavy (non-hydrogen) atoms. The molecule has 108 valence electrons. The standard InChI is InChI=1S/C16H12F2O3/c17-14-6-5-13(9-15(14)18)21-10-12-3-1-2-11(8-12)4-7-16(19)20/h1-9H,10H2,(H,19,20). The van der Waals surface area contributed by atoms with Gasteiger partial charge in [0.1, 0.15) is 12.4 Å². The van der Waals surface area contributed by atoms with Crippen molar-refractivity contribution in [3.63, 3.8) is 0 Å². The van der Waals surface area contributed by atoms with Gasteiger partial charge in [-0.3, -0.25) is 0 Å². The van der Waals surface area contributed by atoms with Gasteiger partial charge in [0.2, 0.25) is 0 Å². The van der Waals surface area contributed by atoms with E-state index in [1.165, 1.54) is 12.1 Å². The lowest BCUT2D eigenvalue weighted by molar-refractivity contribution is -0.131. The Kier molecular flexibility index (Phi) is 4.66. The lowest BCUT2D eigenvalue weighted by Crippen LogP contribution is -1.97. The Morgan fingerprint density at radius 2 is 1.95 bits per heavy atom. The maximum Gasteiger partial charge on any atom is 0.328 e. The van der Waals surface area contributed by atoms with Crippen molar-refractivity contribution in [2.24, 2.45) is 0 Å². The van der Waals surface area contributed by atoms with Crippen LogP contribution in [0.3, 0.4) is 0 Å². The first-order valence-electron chi connectivity index (χ1n) is 6.12. The molecule has 0 radical (unpaired) electrons. The highest BCUT2D eigenvalue weighted by Gasteiger charge is 2.03. The average molecular weight is 290 g/mol. The Balaban J connectivity index is 2.04. The monoisotopic (exact) mass is 290 g/mol. The highest BCUT2D eigenvalue weighted by molar-refractivity contribution is 5.85. The van der Waals surface area contributed by atoms with E-state index in [2.05, 4.69) is 0 Å². The first kappa shape index (κ1) is 14.7. The first-order chi connectivity index (χ1) is 10.0. The van der Waals surface area contributed by atoms with Gasteiger partial charge < -0.3 is 9.84 Å². The molecule has 0 amide bonds. The quantitative estimate of drug-likeness (QED) is 0.855. The third kappa shape index (κ3) is 4.42. The van der Waals surface area contributed by atoms with E-state index in [0.29, 0.717) is 5.56 Å². The fourth-order valence-electron chi connectivity index (χ4n) is 1.69. The number of halogens is 2.